The molecule has 9 heteroatoms. The van der Waals surface area contributed by atoms with Crippen LogP contribution >= 0.6 is 0 Å². The molecule has 1 aliphatic heterocycles. The van der Waals surface area contributed by atoms with E-state index in [1.165, 1.54) is 18.2 Å². The summed E-state index contributed by atoms with van der Waals surface area (Å²) in [6.45, 7) is 0. The molecule has 0 fully saturated rings. The summed E-state index contributed by atoms with van der Waals surface area (Å²) in [7, 11) is -8.04. The first-order valence-corrected chi connectivity index (χ1v) is 9.63. The van der Waals surface area contributed by atoms with Gasteiger partial charge in [0.2, 0.25) is 10.0 Å². The molecule has 0 unspecified atom stereocenters. The van der Waals surface area contributed by atoms with Crippen LogP contribution in [0, 0.1) is 11.6 Å². The maximum atomic E-state index is 13.7. The minimum atomic E-state index is -4.42. The van der Waals surface area contributed by atoms with Crippen molar-refractivity contribution in [3.05, 3.63) is 59.7 Å². The van der Waals surface area contributed by atoms with Crippen molar-refractivity contribution in [2.45, 2.75) is 15.8 Å². The van der Waals surface area contributed by atoms with Crippen LogP contribution in [0.25, 0.3) is 0 Å². The second-order valence-electron chi connectivity index (χ2n) is 5.07. The Kier molecular flexibility index (Phi) is 3.74. The summed E-state index contributed by atoms with van der Waals surface area (Å²) in [5.41, 5.74) is 0.285. The van der Waals surface area contributed by atoms with Gasteiger partial charge in [-0.25, -0.2) is 30.3 Å². The van der Waals surface area contributed by atoms with Crippen LogP contribution in [0.4, 0.5) is 8.78 Å². The van der Waals surface area contributed by atoms with Crippen molar-refractivity contribution in [2.24, 2.45) is 0 Å². The van der Waals surface area contributed by atoms with Gasteiger partial charge in [-0.15, -0.1) is 0 Å². The number of sulfonamides is 1. The topological polar surface area (TPSA) is 80.3 Å². The van der Waals surface area contributed by atoms with Crippen LogP contribution < -0.4 is 4.72 Å². The molecule has 0 spiro atoms. The molecule has 1 atom stereocenters. The van der Waals surface area contributed by atoms with Gasteiger partial charge in [-0.2, -0.15) is 0 Å². The van der Waals surface area contributed by atoms with E-state index < -0.39 is 48.2 Å². The van der Waals surface area contributed by atoms with Crippen LogP contribution in [0.2, 0.25) is 0 Å². The van der Waals surface area contributed by atoms with Gasteiger partial charge in [0.1, 0.15) is 16.5 Å². The molecule has 2 aromatic rings. The summed E-state index contributed by atoms with van der Waals surface area (Å²) >= 11 is 0. The van der Waals surface area contributed by atoms with Gasteiger partial charge in [-0.1, -0.05) is 18.2 Å². The number of nitrogens with one attached hydrogen (secondary N) is 1. The molecule has 122 valence electrons. The molecule has 1 N–H and O–H groups in total. The lowest BCUT2D eigenvalue weighted by Gasteiger charge is -2.13. The standard InChI is InChI=1S/C14H11F2NO4S2/c15-9-5-6-11(16)14(7-9)23(20,21)17-12-8-22(18,19)13-4-2-1-3-10(12)13/h1-7,12,17H,8H2/t12-/m1/s1. The van der Waals surface area contributed by atoms with Gasteiger partial charge in [0.05, 0.1) is 16.7 Å². The molecular weight excluding hydrogens is 348 g/mol. The highest BCUT2D eigenvalue weighted by Gasteiger charge is 2.37. The highest BCUT2D eigenvalue weighted by Crippen LogP contribution is 2.34. The fourth-order valence-corrected chi connectivity index (χ4v) is 5.63. The first kappa shape index (κ1) is 16.0. The Bertz CT molecular complexity index is 988. The molecule has 23 heavy (non-hydrogen) atoms. The Morgan fingerprint density at radius 3 is 2.52 bits per heavy atom. The fraction of sp³-hybridized carbons (Fsp3) is 0.143. The van der Waals surface area contributed by atoms with Crippen LogP contribution in [-0.4, -0.2) is 22.6 Å². The molecule has 1 heterocycles. The molecule has 3 rings (SSSR count). The third-order valence-electron chi connectivity index (χ3n) is 3.50. The van der Waals surface area contributed by atoms with E-state index in [1.807, 2.05) is 0 Å². The molecule has 0 aliphatic carbocycles. The molecule has 1 aliphatic rings. The summed E-state index contributed by atoms with van der Waals surface area (Å²) < 4.78 is 77.6. The fourth-order valence-electron chi connectivity index (χ4n) is 2.48. The predicted molar refractivity (Wildman–Crippen MR) is 77.9 cm³/mol. The molecule has 5 nitrogen and oxygen atoms in total. The van der Waals surface area contributed by atoms with Gasteiger partial charge in [-0.3, -0.25) is 0 Å². The summed E-state index contributed by atoms with van der Waals surface area (Å²) in [5, 5.41) is 0. The van der Waals surface area contributed by atoms with Gasteiger partial charge in [0, 0.05) is 0 Å². The Morgan fingerprint density at radius 1 is 1.09 bits per heavy atom. The zero-order chi connectivity index (χ0) is 16.8. The van der Waals surface area contributed by atoms with Crippen molar-refractivity contribution < 1.29 is 25.6 Å². The Hall–Kier alpha value is -1.84. The van der Waals surface area contributed by atoms with E-state index in [0.717, 1.165) is 6.07 Å². The Labute approximate surface area is 131 Å². The second-order valence-corrected chi connectivity index (χ2v) is 8.75. The third kappa shape index (κ3) is 2.87. The number of benzene rings is 2. The molecule has 0 amide bonds. The lowest BCUT2D eigenvalue weighted by molar-refractivity contribution is 0.538. The van der Waals surface area contributed by atoms with E-state index in [4.69, 9.17) is 0 Å². The van der Waals surface area contributed by atoms with Crippen LogP contribution in [0.15, 0.2) is 52.3 Å². The zero-order valence-electron chi connectivity index (χ0n) is 11.5. The SMILES string of the molecule is O=S1(=O)C[C@@H](NS(=O)(=O)c2cc(F)ccc2F)c2ccccc21. The van der Waals surface area contributed by atoms with Crippen molar-refractivity contribution in [1.29, 1.82) is 0 Å². The highest BCUT2D eigenvalue weighted by molar-refractivity contribution is 7.92. The van der Waals surface area contributed by atoms with Crippen molar-refractivity contribution in [1.82, 2.24) is 4.72 Å². The van der Waals surface area contributed by atoms with Crippen LogP contribution in [0.5, 0.6) is 0 Å². The minimum Gasteiger partial charge on any atom is -0.224 e. The monoisotopic (exact) mass is 359 g/mol. The van der Waals surface area contributed by atoms with E-state index in [0.29, 0.717) is 12.1 Å². The van der Waals surface area contributed by atoms with E-state index >= 15 is 0 Å². The van der Waals surface area contributed by atoms with Gasteiger partial charge in [-0.05, 0) is 29.8 Å². The molecular formula is C14H11F2NO4S2. The number of fused-ring (bicyclic) bond motifs is 1. The molecule has 0 bridgehead atoms. The molecule has 0 radical (unpaired) electrons. The maximum absolute atomic E-state index is 13.7. The average molecular weight is 359 g/mol. The largest absolute Gasteiger partial charge is 0.244 e. The summed E-state index contributed by atoms with van der Waals surface area (Å²) in [6.07, 6.45) is 0. The van der Waals surface area contributed by atoms with Crippen molar-refractivity contribution in [3.8, 4) is 0 Å². The highest BCUT2D eigenvalue weighted by atomic mass is 32.2. The van der Waals surface area contributed by atoms with Crippen molar-refractivity contribution in [3.63, 3.8) is 0 Å². The number of hydrogen-bond donors (Lipinski definition) is 1. The maximum Gasteiger partial charge on any atom is 0.244 e. The smallest absolute Gasteiger partial charge is 0.224 e. The van der Waals surface area contributed by atoms with Crippen molar-refractivity contribution >= 4 is 19.9 Å². The minimum absolute atomic E-state index is 0.0346. The molecule has 2 aromatic carbocycles. The quantitative estimate of drug-likeness (QED) is 0.906. The Balaban J connectivity index is 2.01. The average Bonchev–Trinajstić information content (AvgIpc) is 2.72. The zero-order valence-corrected chi connectivity index (χ0v) is 13.2. The van der Waals surface area contributed by atoms with Gasteiger partial charge >= 0.3 is 0 Å². The van der Waals surface area contributed by atoms with E-state index in [1.54, 1.807) is 6.07 Å². The van der Waals surface area contributed by atoms with Crippen LogP contribution in [-0.2, 0) is 19.9 Å². The summed E-state index contributed by atoms with van der Waals surface area (Å²) in [4.78, 5) is -0.827. The number of sulfone groups is 1. The second kappa shape index (κ2) is 5.36. The lowest BCUT2D eigenvalue weighted by Crippen LogP contribution is -2.30. The predicted octanol–water partition coefficient (Wildman–Crippen LogP) is 1.77. The number of halogens is 2. The summed E-state index contributed by atoms with van der Waals surface area (Å²) in [6, 6.07) is 6.95. The first-order chi connectivity index (χ1) is 10.7. The van der Waals surface area contributed by atoms with Gasteiger partial charge < -0.3 is 0 Å². The van der Waals surface area contributed by atoms with E-state index in [-0.39, 0.29) is 10.5 Å². The Morgan fingerprint density at radius 2 is 1.78 bits per heavy atom. The molecule has 0 aromatic heterocycles. The van der Waals surface area contributed by atoms with E-state index in [9.17, 15) is 25.6 Å². The van der Waals surface area contributed by atoms with Crippen LogP contribution in [0.3, 0.4) is 0 Å². The third-order valence-corrected chi connectivity index (χ3v) is 6.80. The summed E-state index contributed by atoms with van der Waals surface area (Å²) in [5.74, 6) is -2.50. The number of rotatable bonds is 3. The first-order valence-electron chi connectivity index (χ1n) is 6.50. The molecule has 0 saturated heterocycles. The van der Waals surface area contributed by atoms with Crippen molar-refractivity contribution in [2.75, 3.05) is 5.75 Å². The normalized spacial score (nSPS) is 19.5. The van der Waals surface area contributed by atoms with E-state index in [2.05, 4.69) is 4.72 Å². The van der Waals surface area contributed by atoms with Gasteiger partial charge in [0.15, 0.2) is 9.84 Å². The number of hydrogen-bond acceptors (Lipinski definition) is 4. The molecule has 0 saturated carbocycles. The van der Waals surface area contributed by atoms with Gasteiger partial charge in [0.25, 0.3) is 0 Å². The van der Waals surface area contributed by atoms with Crippen LogP contribution in [0.1, 0.15) is 11.6 Å². The lowest BCUT2D eigenvalue weighted by atomic mass is 10.1.